The van der Waals surface area contributed by atoms with E-state index in [9.17, 15) is 14.0 Å². The fourth-order valence-corrected chi connectivity index (χ4v) is 3.71. The molecule has 0 unspecified atom stereocenters. The van der Waals surface area contributed by atoms with Crippen molar-refractivity contribution in [1.29, 1.82) is 0 Å². The maximum atomic E-state index is 13.8. The smallest absolute Gasteiger partial charge is 0.330 e. The number of nitrogens with zero attached hydrogens (tertiary/aromatic N) is 4. The number of hydrogen-bond donors (Lipinski definition) is 0. The van der Waals surface area contributed by atoms with Crippen molar-refractivity contribution >= 4 is 11.9 Å². The van der Waals surface area contributed by atoms with E-state index in [4.69, 9.17) is 0 Å². The number of carbonyl (C=O) groups is 2. The van der Waals surface area contributed by atoms with Gasteiger partial charge in [0.25, 0.3) is 5.91 Å². The zero-order chi connectivity index (χ0) is 17.6. The molecule has 25 heavy (non-hydrogen) atoms. The molecule has 1 saturated heterocycles. The molecule has 1 aromatic carbocycles. The quantitative estimate of drug-likeness (QED) is 0.842. The van der Waals surface area contributed by atoms with Gasteiger partial charge in [0.15, 0.2) is 0 Å². The molecule has 3 heterocycles. The lowest BCUT2D eigenvalue weighted by atomic mass is 10.0. The van der Waals surface area contributed by atoms with E-state index in [1.807, 2.05) is 11.8 Å². The van der Waals surface area contributed by atoms with E-state index in [0.717, 1.165) is 5.69 Å². The van der Waals surface area contributed by atoms with Crippen LogP contribution in [0.1, 0.15) is 34.7 Å². The number of rotatable bonds is 2. The summed E-state index contributed by atoms with van der Waals surface area (Å²) in [5, 5.41) is 0. The number of piperidine rings is 1. The second-order valence-corrected chi connectivity index (χ2v) is 6.55. The third kappa shape index (κ3) is 2.59. The Hall–Kier alpha value is -2.70. The minimum absolute atomic E-state index is 0.0381. The average molecular weight is 342 g/mol. The molecule has 0 saturated carbocycles. The maximum absolute atomic E-state index is 13.8. The van der Waals surface area contributed by atoms with Gasteiger partial charge >= 0.3 is 6.03 Å². The number of halogens is 1. The highest BCUT2D eigenvalue weighted by atomic mass is 19.1. The Kier molecular flexibility index (Phi) is 3.78. The first-order valence-corrected chi connectivity index (χ1v) is 8.44. The fraction of sp³-hybridized carbons (Fsp3) is 0.389. The molecule has 7 heteroatoms. The van der Waals surface area contributed by atoms with Crippen LogP contribution in [0.2, 0.25) is 0 Å². The van der Waals surface area contributed by atoms with Crippen LogP contribution in [0.5, 0.6) is 0 Å². The third-order valence-electron chi connectivity index (χ3n) is 5.08. The van der Waals surface area contributed by atoms with Crippen LogP contribution in [-0.4, -0.2) is 50.4 Å². The topological polar surface area (TPSA) is 58.4 Å². The second-order valence-electron chi connectivity index (χ2n) is 6.55. The number of likely N-dealkylation sites (tertiary alicyclic amines) is 1. The summed E-state index contributed by atoms with van der Waals surface area (Å²) in [4.78, 5) is 32.8. The van der Waals surface area contributed by atoms with Crippen molar-refractivity contribution in [3.05, 3.63) is 53.4 Å². The van der Waals surface area contributed by atoms with Gasteiger partial charge in [-0.3, -0.25) is 9.36 Å². The lowest BCUT2D eigenvalue weighted by Gasteiger charge is -2.36. The Labute approximate surface area is 144 Å². The second kappa shape index (κ2) is 5.98. The number of hydrogen-bond acceptors (Lipinski definition) is 3. The van der Waals surface area contributed by atoms with Gasteiger partial charge in [-0.15, -0.1) is 0 Å². The average Bonchev–Trinajstić information content (AvgIpc) is 3.15. The number of imidazole rings is 1. The van der Waals surface area contributed by atoms with Gasteiger partial charge in [-0.05, 0) is 31.9 Å². The van der Waals surface area contributed by atoms with Gasteiger partial charge in [0.05, 0.1) is 24.0 Å². The molecule has 0 atom stereocenters. The molecule has 2 aliphatic heterocycles. The van der Waals surface area contributed by atoms with Crippen molar-refractivity contribution in [3.8, 4) is 0 Å². The van der Waals surface area contributed by atoms with Crippen molar-refractivity contribution in [2.45, 2.75) is 32.4 Å². The number of fused-ring (bicyclic) bond motifs is 1. The normalized spacial score (nSPS) is 17.9. The van der Waals surface area contributed by atoms with Crippen LogP contribution in [0.4, 0.5) is 9.18 Å². The van der Waals surface area contributed by atoms with Gasteiger partial charge in [0.1, 0.15) is 11.6 Å². The molecule has 0 bridgehead atoms. The van der Waals surface area contributed by atoms with Crippen LogP contribution in [0, 0.1) is 12.7 Å². The highest BCUT2D eigenvalue weighted by Gasteiger charge is 2.36. The van der Waals surface area contributed by atoms with Crippen LogP contribution in [-0.2, 0) is 6.54 Å². The molecule has 2 aromatic rings. The van der Waals surface area contributed by atoms with E-state index in [-0.39, 0.29) is 23.5 Å². The summed E-state index contributed by atoms with van der Waals surface area (Å²) in [6, 6.07) is 6.10. The number of carbonyl (C=O) groups excluding carboxylic acids is 2. The fourth-order valence-electron chi connectivity index (χ4n) is 3.71. The van der Waals surface area contributed by atoms with E-state index in [2.05, 4.69) is 4.98 Å². The molecule has 1 fully saturated rings. The van der Waals surface area contributed by atoms with E-state index < -0.39 is 5.82 Å². The lowest BCUT2D eigenvalue weighted by molar-refractivity contribution is 0.0652. The van der Waals surface area contributed by atoms with Crippen LogP contribution in [0.3, 0.4) is 0 Å². The highest BCUT2D eigenvalue weighted by molar-refractivity contribution is 5.94. The zero-order valence-electron chi connectivity index (χ0n) is 14.0. The van der Waals surface area contributed by atoms with E-state index in [0.29, 0.717) is 38.3 Å². The predicted octanol–water partition coefficient (Wildman–Crippen LogP) is 2.42. The van der Waals surface area contributed by atoms with Crippen molar-refractivity contribution < 1.29 is 14.0 Å². The predicted molar refractivity (Wildman–Crippen MR) is 88.6 cm³/mol. The molecule has 1 aromatic heterocycles. The van der Waals surface area contributed by atoms with Crippen LogP contribution >= 0.6 is 0 Å². The van der Waals surface area contributed by atoms with E-state index >= 15 is 0 Å². The lowest BCUT2D eigenvalue weighted by Crippen LogP contribution is -2.47. The Morgan fingerprint density at radius 1 is 1.24 bits per heavy atom. The summed E-state index contributed by atoms with van der Waals surface area (Å²) in [5.41, 5.74) is 1.02. The molecule has 0 radical (unpaired) electrons. The van der Waals surface area contributed by atoms with Gasteiger partial charge in [-0.1, -0.05) is 12.1 Å². The van der Waals surface area contributed by atoms with E-state index in [1.165, 1.54) is 12.1 Å². The molecule has 0 N–H and O–H groups in total. The summed E-state index contributed by atoms with van der Waals surface area (Å²) in [7, 11) is 0. The molecular formula is C18H19FN4O2. The van der Waals surface area contributed by atoms with Crippen molar-refractivity contribution in [2.24, 2.45) is 0 Å². The molecular weight excluding hydrogens is 323 g/mol. The zero-order valence-corrected chi connectivity index (χ0v) is 14.0. The third-order valence-corrected chi connectivity index (χ3v) is 5.08. The highest BCUT2D eigenvalue weighted by Crippen LogP contribution is 2.26. The van der Waals surface area contributed by atoms with Crippen molar-refractivity contribution in [2.75, 3.05) is 13.1 Å². The first kappa shape index (κ1) is 15.8. The van der Waals surface area contributed by atoms with E-state index in [1.54, 1.807) is 27.8 Å². The van der Waals surface area contributed by atoms with Crippen LogP contribution < -0.4 is 0 Å². The molecule has 2 amide bonds. The number of aryl methyl sites for hydroxylation is 1. The van der Waals surface area contributed by atoms with Gasteiger partial charge in [-0.25, -0.2) is 14.2 Å². The molecule has 130 valence electrons. The number of aromatic nitrogens is 2. The number of amides is 2. The first-order valence-electron chi connectivity index (χ1n) is 8.44. The molecule has 0 aliphatic carbocycles. The summed E-state index contributed by atoms with van der Waals surface area (Å²) in [6.07, 6.45) is 3.14. The van der Waals surface area contributed by atoms with Crippen molar-refractivity contribution in [3.63, 3.8) is 0 Å². The molecule has 2 aliphatic rings. The Balaban J connectivity index is 1.42. The maximum Gasteiger partial charge on any atom is 0.330 e. The molecule has 6 nitrogen and oxygen atoms in total. The van der Waals surface area contributed by atoms with Gasteiger partial charge in [0, 0.05) is 19.1 Å². The first-order chi connectivity index (χ1) is 12.1. The Morgan fingerprint density at radius 3 is 2.64 bits per heavy atom. The largest absolute Gasteiger partial charge is 0.338 e. The summed E-state index contributed by atoms with van der Waals surface area (Å²) < 4.78 is 15.5. The van der Waals surface area contributed by atoms with Gasteiger partial charge in [0.2, 0.25) is 0 Å². The van der Waals surface area contributed by atoms with Gasteiger partial charge < -0.3 is 9.80 Å². The standard InChI is InChI=1S/C18H19FN4O2/c1-12-20-10-14-11-22(18(25)23(12)14)13-6-8-21(9-7-13)17(24)15-4-2-3-5-16(15)19/h2-5,10,13H,6-9,11H2,1H3. The monoisotopic (exact) mass is 342 g/mol. The van der Waals surface area contributed by atoms with Crippen LogP contribution in [0.25, 0.3) is 0 Å². The Morgan fingerprint density at radius 2 is 1.96 bits per heavy atom. The minimum Gasteiger partial charge on any atom is -0.338 e. The Bertz CT molecular complexity index is 839. The SMILES string of the molecule is Cc1ncc2n1C(=O)N(C1CCN(C(=O)c3ccccc3F)CC1)C2. The molecule has 0 spiro atoms. The summed E-state index contributed by atoms with van der Waals surface area (Å²) >= 11 is 0. The number of benzene rings is 1. The molecule has 4 rings (SSSR count). The van der Waals surface area contributed by atoms with Gasteiger partial charge in [-0.2, -0.15) is 0 Å². The summed E-state index contributed by atoms with van der Waals surface area (Å²) in [6.45, 7) is 3.42. The minimum atomic E-state index is -0.494. The van der Waals surface area contributed by atoms with Crippen molar-refractivity contribution in [1.82, 2.24) is 19.4 Å². The van der Waals surface area contributed by atoms with Crippen LogP contribution in [0.15, 0.2) is 30.5 Å². The summed E-state index contributed by atoms with van der Waals surface area (Å²) in [5.74, 6) is -0.0723.